The van der Waals surface area contributed by atoms with Gasteiger partial charge in [-0.2, -0.15) is 0 Å². The second kappa shape index (κ2) is 6.35. The van der Waals surface area contributed by atoms with E-state index in [-0.39, 0.29) is 4.90 Å². The highest BCUT2D eigenvalue weighted by atomic mass is 32.2. The Morgan fingerprint density at radius 2 is 1.83 bits per heavy atom. The average molecular weight is 399 g/mol. The Balaban J connectivity index is 1.78. The molecule has 0 spiro atoms. The number of rotatable bonds is 3. The molecule has 0 saturated heterocycles. The molecule has 3 aromatic heterocycles. The molecule has 142 valence electrons. The molecule has 0 atom stereocenters. The van der Waals surface area contributed by atoms with Crippen molar-refractivity contribution in [2.75, 3.05) is 0 Å². The highest BCUT2D eigenvalue weighted by Gasteiger charge is 2.23. The number of aryl methyl sites for hydroxylation is 1. The van der Waals surface area contributed by atoms with Crippen LogP contribution < -0.4 is 5.46 Å². The van der Waals surface area contributed by atoms with Crippen LogP contribution in [-0.4, -0.2) is 30.2 Å². The molecule has 7 heteroatoms. The molecule has 5 rings (SSSR count). The first-order valence-electron chi connectivity index (χ1n) is 9.31. The molecule has 29 heavy (non-hydrogen) atoms. The number of aromatic amines is 1. The smallest absolute Gasteiger partial charge is 0.269 e. The lowest BCUT2D eigenvalue weighted by Crippen LogP contribution is -2.13. The van der Waals surface area contributed by atoms with Crippen LogP contribution in [0.25, 0.3) is 33.1 Å². The number of aromatic nitrogens is 3. The first-order valence-corrected chi connectivity index (χ1v) is 10.7. The molecule has 2 aromatic carbocycles. The summed E-state index contributed by atoms with van der Waals surface area (Å²) < 4.78 is 28.1. The summed E-state index contributed by atoms with van der Waals surface area (Å²) >= 11 is 0. The summed E-state index contributed by atoms with van der Waals surface area (Å²) in [6, 6.07) is 16.9. The normalized spacial score (nSPS) is 12.0. The van der Waals surface area contributed by atoms with Gasteiger partial charge in [0, 0.05) is 35.1 Å². The summed E-state index contributed by atoms with van der Waals surface area (Å²) in [5, 5.41) is 1.89. The summed E-state index contributed by atoms with van der Waals surface area (Å²) in [5.41, 5.74) is 5.25. The number of hydrogen-bond acceptors (Lipinski definition) is 3. The van der Waals surface area contributed by atoms with Crippen LogP contribution in [0.4, 0.5) is 0 Å². The van der Waals surface area contributed by atoms with E-state index in [1.165, 1.54) is 3.97 Å². The van der Waals surface area contributed by atoms with Crippen molar-refractivity contribution in [3.05, 3.63) is 78.8 Å². The zero-order chi connectivity index (χ0) is 20.2. The van der Waals surface area contributed by atoms with Crippen LogP contribution in [0.2, 0.25) is 0 Å². The van der Waals surface area contributed by atoms with Gasteiger partial charge in [0.05, 0.1) is 4.90 Å². The first-order chi connectivity index (χ1) is 13.9. The van der Waals surface area contributed by atoms with Gasteiger partial charge in [-0.1, -0.05) is 35.3 Å². The third kappa shape index (κ3) is 2.86. The number of fused-ring (bicyclic) bond motifs is 2. The van der Waals surface area contributed by atoms with Gasteiger partial charge >= 0.3 is 0 Å². The molecular weight excluding hydrogens is 381 g/mol. The van der Waals surface area contributed by atoms with Crippen LogP contribution >= 0.6 is 0 Å². The Hall–Kier alpha value is -3.32. The fourth-order valence-electron chi connectivity index (χ4n) is 3.64. The van der Waals surface area contributed by atoms with E-state index in [0.717, 1.165) is 38.4 Å². The Kier molecular flexibility index (Phi) is 3.89. The SMILES string of the molecule is Bc1cnc2c(c1)c(-c1ccc3[nH]ccc3c1)cn2S(=O)(=O)c1ccc(C)cc1. The van der Waals surface area contributed by atoms with Crippen molar-refractivity contribution < 1.29 is 8.42 Å². The van der Waals surface area contributed by atoms with E-state index in [2.05, 4.69) is 16.0 Å². The average Bonchev–Trinajstić information content (AvgIpc) is 3.32. The van der Waals surface area contributed by atoms with Crippen molar-refractivity contribution in [1.82, 2.24) is 13.9 Å². The maximum atomic E-state index is 13.4. The molecule has 0 radical (unpaired) electrons. The van der Waals surface area contributed by atoms with Gasteiger partial charge < -0.3 is 4.98 Å². The number of H-pyrrole nitrogens is 1. The van der Waals surface area contributed by atoms with Crippen LogP contribution in [0.3, 0.4) is 0 Å². The second-order valence-electron chi connectivity index (χ2n) is 7.32. The molecule has 0 aliphatic heterocycles. The number of nitrogens with one attached hydrogen (secondary N) is 1. The number of hydrogen-bond donors (Lipinski definition) is 1. The lowest BCUT2D eigenvalue weighted by molar-refractivity contribution is 0.589. The third-order valence-electron chi connectivity index (χ3n) is 5.19. The standard InChI is InChI=1S/C22H18BN3O2S/c1-14-2-5-18(6-3-14)29(27,28)26-13-20(19-11-17(23)12-25-22(19)26)15-4-7-21-16(10-15)8-9-24-21/h2-13,24H,23H2,1H3. The van der Waals surface area contributed by atoms with Gasteiger partial charge in [0.1, 0.15) is 7.85 Å². The lowest BCUT2D eigenvalue weighted by atomic mass is 9.96. The largest absolute Gasteiger partial charge is 0.361 e. The molecule has 0 bridgehead atoms. The van der Waals surface area contributed by atoms with Gasteiger partial charge in [-0.25, -0.2) is 17.4 Å². The van der Waals surface area contributed by atoms with E-state index in [1.807, 2.05) is 45.2 Å². The van der Waals surface area contributed by atoms with Gasteiger partial charge in [-0.3, -0.25) is 0 Å². The molecule has 5 nitrogen and oxygen atoms in total. The molecule has 5 aromatic rings. The van der Waals surface area contributed by atoms with E-state index >= 15 is 0 Å². The zero-order valence-electron chi connectivity index (χ0n) is 16.0. The monoisotopic (exact) mass is 399 g/mol. The van der Waals surface area contributed by atoms with E-state index in [9.17, 15) is 8.42 Å². The van der Waals surface area contributed by atoms with E-state index in [1.54, 1.807) is 36.7 Å². The van der Waals surface area contributed by atoms with Gasteiger partial charge in [0.15, 0.2) is 5.65 Å². The van der Waals surface area contributed by atoms with Crippen LogP contribution in [-0.2, 0) is 10.0 Å². The quantitative estimate of drug-likeness (QED) is 0.475. The van der Waals surface area contributed by atoms with Crippen LogP contribution in [0.1, 0.15) is 5.56 Å². The summed E-state index contributed by atoms with van der Waals surface area (Å²) in [4.78, 5) is 7.90. The minimum absolute atomic E-state index is 0.245. The minimum Gasteiger partial charge on any atom is -0.361 e. The van der Waals surface area contributed by atoms with Gasteiger partial charge in [-0.05, 0) is 48.2 Å². The Morgan fingerprint density at radius 3 is 2.62 bits per heavy atom. The fourth-order valence-corrected chi connectivity index (χ4v) is 4.97. The predicted molar refractivity (Wildman–Crippen MR) is 119 cm³/mol. The van der Waals surface area contributed by atoms with E-state index in [0.29, 0.717) is 5.65 Å². The summed E-state index contributed by atoms with van der Waals surface area (Å²) in [7, 11) is -1.81. The first kappa shape index (κ1) is 17.8. The van der Waals surface area contributed by atoms with Crippen molar-refractivity contribution in [1.29, 1.82) is 0 Å². The molecule has 0 fully saturated rings. The topological polar surface area (TPSA) is 67.8 Å². The summed E-state index contributed by atoms with van der Waals surface area (Å²) in [5.74, 6) is 0. The number of nitrogens with zero attached hydrogens (tertiary/aromatic N) is 2. The van der Waals surface area contributed by atoms with Gasteiger partial charge in [0.25, 0.3) is 10.0 Å². The van der Waals surface area contributed by atoms with Crippen molar-refractivity contribution in [2.24, 2.45) is 0 Å². The van der Waals surface area contributed by atoms with Crippen LogP contribution in [0.5, 0.6) is 0 Å². The Morgan fingerprint density at radius 1 is 1.03 bits per heavy atom. The molecule has 3 heterocycles. The highest BCUT2D eigenvalue weighted by molar-refractivity contribution is 7.90. The molecule has 0 aliphatic rings. The number of benzene rings is 2. The lowest BCUT2D eigenvalue weighted by Gasteiger charge is -2.07. The summed E-state index contributed by atoms with van der Waals surface area (Å²) in [6.07, 6.45) is 5.27. The molecule has 0 saturated carbocycles. The minimum atomic E-state index is -3.77. The maximum absolute atomic E-state index is 13.4. The zero-order valence-corrected chi connectivity index (χ0v) is 16.9. The van der Waals surface area contributed by atoms with E-state index in [4.69, 9.17) is 0 Å². The fraction of sp³-hybridized carbons (Fsp3) is 0.0455. The van der Waals surface area contributed by atoms with Gasteiger partial charge in [0.2, 0.25) is 0 Å². The Bertz CT molecular complexity index is 1480. The molecule has 1 N–H and O–H groups in total. The van der Waals surface area contributed by atoms with Crippen LogP contribution in [0.15, 0.2) is 78.1 Å². The molecule has 0 unspecified atom stereocenters. The predicted octanol–water partition coefficient (Wildman–Crippen LogP) is 2.99. The maximum Gasteiger partial charge on any atom is 0.269 e. The Labute approximate surface area is 169 Å². The molecule has 0 amide bonds. The van der Waals surface area contributed by atoms with Crippen LogP contribution in [0, 0.1) is 6.92 Å². The van der Waals surface area contributed by atoms with Gasteiger partial charge in [-0.15, -0.1) is 0 Å². The van der Waals surface area contributed by atoms with Crippen molar-refractivity contribution in [2.45, 2.75) is 11.8 Å². The van der Waals surface area contributed by atoms with Crippen molar-refractivity contribution in [3.8, 4) is 11.1 Å². The van der Waals surface area contributed by atoms with Crippen molar-refractivity contribution >= 4 is 45.3 Å². The van der Waals surface area contributed by atoms with Crippen molar-refractivity contribution in [3.63, 3.8) is 0 Å². The summed E-state index contributed by atoms with van der Waals surface area (Å²) in [6.45, 7) is 1.93. The van der Waals surface area contributed by atoms with E-state index < -0.39 is 10.0 Å². The number of pyridine rings is 1. The molecular formula is C22H18BN3O2S. The third-order valence-corrected chi connectivity index (χ3v) is 6.85. The highest BCUT2D eigenvalue weighted by Crippen LogP contribution is 2.33. The molecule has 0 aliphatic carbocycles. The second-order valence-corrected chi connectivity index (χ2v) is 9.14.